The molecule has 1 amide bonds. The Balaban J connectivity index is 1.45. The van der Waals surface area contributed by atoms with Crippen LogP contribution in [0.3, 0.4) is 0 Å². The van der Waals surface area contributed by atoms with E-state index in [0.29, 0.717) is 25.8 Å². The molecule has 0 aliphatic rings. The summed E-state index contributed by atoms with van der Waals surface area (Å²) in [6.45, 7) is 2.21. The number of rotatable bonds is 11. The second-order valence-corrected chi connectivity index (χ2v) is 11.2. The number of fused-ring (bicyclic) bond motifs is 2. The fourth-order valence-corrected chi connectivity index (χ4v) is 5.79. The summed E-state index contributed by atoms with van der Waals surface area (Å²) in [4.78, 5) is 19.2. The summed E-state index contributed by atoms with van der Waals surface area (Å²) < 4.78 is 7.66. The highest BCUT2D eigenvalue weighted by Crippen LogP contribution is 2.32. The van der Waals surface area contributed by atoms with Crippen LogP contribution in [-0.2, 0) is 24.2 Å². The van der Waals surface area contributed by atoms with E-state index in [4.69, 9.17) is 26.4 Å². The molecule has 0 saturated heterocycles. The summed E-state index contributed by atoms with van der Waals surface area (Å²) >= 11 is 0. The fourth-order valence-electron chi connectivity index (χ4n) is 5.79. The Hall–Kier alpha value is -4.89. The lowest BCUT2D eigenvalue weighted by atomic mass is 9.84. The van der Waals surface area contributed by atoms with E-state index < -0.39 is 11.4 Å². The van der Waals surface area contributed by atoms with Gasteiger partial charge >= 0.3 is 0 Å². The zero-order chi connectivity index (χ0) is 29.3. The molecule has 6 N–H and O–H groups in total. The van der Waals surface area contributed by atoms with E-state index in [2.05, 4.69) is 44.9 Å². The molecule has 0 fully saturated rings. The van der Waals surface area contributed by atoms with E-state index in [1.165, 1.54) is 0 Å². The number of carbonyl (C=O) groups is 1. The number of ether oxygens (including phenoxy) is 1. The molecule has 9 nitrogen and oxygen atoms in total. The number of H-pyrrole nitrogens is 2. The van der Waals surface area contributed by atoms with Crippen LogP contribution in [0.2, 0.25) is 0 Å². The average molecular weight is 562 g/mol. The van der Waals surface area contributed by atoms with Crippen molar-refractivity contribution in [1.29, 1.82) is 0 Å². The summed E-state index contributed by atoms with van der Waals surface area (Å²) in [6.07, 6.45) is 5.54. The minimum atomic E-state index is -1.24. The zero-order valence-corrected chi connectivity index (χ0v) is 23.8. The molecule has 0 aliphatic carbocycles. The molecule has 6 rings (SSSR count). The number of hydrogen-bond acceptors (Lipinski definition) is 5. The first-order valence-electron chi connectivity index (χ1n) is 14.1. The molecule has 214 valence electrons. The van der Waals surface area contributed by atoms with Gasteiger partial charge in [0, 0.05) is 46.5 Å². The average Bonchev–Trinajstić information content (AvgIpc) is 3.71. The number of nitrogens with two attached hydrogens (primary N) is 2. The minimum Gasteiger partial charge on any atom is -0.497 e. The molecule has 2 unspecified atom stereocenters. The molecule has 0 radical (unpaired) electrons. The predicted octanol–water partition coefficient (Wildman–Crippen LogP) is 4.81. The van der Waals surface area contributed by atoms with Crippen molar-refractivity contribution in [2.45, 2.75) is 44.2 Å². The van der Waals surface area contributed by atoms with Gasteiger partial charge in [0.25, 0.3) is 0 Å². The van der Waals surface area contributed by atoms with Gasteiger partial charge in [-0.15, -0.1) is 10.2 Å². The lowest BCUT2D eigenvalue weighted by molar-refractivity contribution is -0.122. The van der Waals surface area contributed by atoms with Crippen LogP contribution in [0.15, 0.2) is 85.2 Å². The summed E-state index contributed by atoms with van der Waals surface area (Å²) in [5, 5.41) is 11.8. The Morgan fingerprint density at radius 1 is 0.952 bits per heavy atom. The number of benzene rings is 3. The number of primary amides is 1. The molecule has 0 saturated carbocycles. The van der Waals surface area contributed by atoms with Gasteiger partial charge in [0.15, 0.2) is 0 Å². The van der Waals surface area contributed by atoms with E-state index in [9.17, 15) is 4.79 Å². The normalized spacial score (nSPS) is 13.8. The number of aromatic nitrogens is 5. The molecule has 0 spiro atoms. The van der Waals surface area contributed by atoms with Crippen molar-refractivity contribution in [1.82, 2.24) is 24.7 Å². The number of aromatic amines is 2. The second kappa shape index (κ2) is 11.2. The molecule has 3 heterocycles. The van der Waals surface area contributed by atoms with Crippen LogP contribution >= 0.6 is 0 Å². The maximum Gasteiger partial charge on any atom is 0.237 e. The van der Waals surface area contributed by atoms with Crippen molar-refractivity contribution in [3.05, 3.63) is 114 Å². The van der Waals surface area contributed by atoms with Gasteiger partial charge < -0.3 is 30.7 Å². The molecule has 0 bridgehead atoms. The van der Waals surface area contributed by atoms with Crippen LogP contribution in [-0.4, -0.2) is 43.3 Å². The molecular formula is C33H35N7O2. The van der Waals surface area contributed by atoms with E-state index in [1.807, 2.05) is 54.9 Å². The van der Waals surface area contributed by atoms with Crippen LogP contribution in [0.4, 0.5) is 0 Å². The van der Waals surface area contributed by atoms with Crippen LogP contribution < -0.4 is 16.2 Å². The Kier molecular flexibility index (Phi) is 7.26. The maximum absolute atomic E-state index is 12.4. The second-order valence-electron chi connectivity index (χ2n) is 11.2. The van der Waals surface area contributed by atoms with Crippen molar-refractivity contribution in [3.63, 3.8) is 0 Å². The van der Waals surface area contributed by atoms with Crippen LogP contribution in [0.5, 0.6) is 5.75 Å². The summed E-state index contributed by atoms with van der Waals surface area (Å²) in [5.74, 6) is 1.57. The number of methoxy groups -OCH3 is 1. The quantitative estimate of drug-likeness (QED) is 0.180. The van der Waals surface area contributed by atoms with Gasteiger partial charge in [-0.2, -0.15) is 0 Å². The van der Waals surface area contributed by atoms with Crippen LogP contribution in [0.1, 0.15) is 47.6 Å². The molecule has 0 aliphatic heterocycles. The number of nitrogens with one attached hydrogen (secondary N) is 2. The van der Waals surface area contributed by atoms with Crippen molar-refractivity contribution >= 4 is 27.7 Å². The van der Waals surface area contributed by atoms with Gasteiger partial charge in [-0.3, -0.25) is 4.79 Å². The lowest BCUT2D eigenvalue weighted by Crippen LogP contribution is -2.50. The smallest absolute Gasteiger partial charge is 0.237 e. The van der Waals surface area contributed by atoms with Gasteiger partial charge in [0.2, 0.25) is 5.91 Å². The van der Waals surface area contributed by atoms with E-state index in [1.54, 1.807) is 14.0 Å². The Morgan fingerprint density at radius 3 is 2.31 bits per heavy atom. The fraction of sp³-hybridized carbons (Fsp3) is 0.242. The third-order valence-corrected chi connectivity index (χ3v) is 8.09. The van der Waals surface area contributed by atoms with Gasteiger partial charge in [-0.25, -0.2) is 0 Å². The SMILES string of the molecule is COc1cccc(Cn2c(Cc3c[nH]c4ccccc34)nnc2C(Cc2c[nH]c3ccccc23)CC(C)(N)C(N)=O)c1. The summed E-state index contributed by atoms with van der Waals surface area (Å²) in [6, 6.07) is 24.4. The Labute approximate surface area is 243 Å². The molecule has 2 atom stereocenters. The number of hydrogen-bond donors (Lipinski definition) is 4. The van der Waals surface area contributed by atoms with Gasteiger partial charge in [0.1, 0.15) is 17.4 Å². The first kappa shape index (κ1) is 27.3. The van der Waals surface area contributed by atoms with E-state index in [0.717, 1.165) is 55.9 Å². The number of amides is 1. The highest BCUT2D eigenvalue weighted by Gasteiger charge is 2.34. The van der Waals surface area contributed by atoms with Crippen molar-refractivity contribution in [2.24, 2.45) is 11.5 Å². The first-order valence-corrected chi connectivity index (χ1v) is 14.1. The summed E-state index contributed by atoms with van der Waals surface area (Å²) in [5.41, 5.74) is 16.5. The van der Waals surface area contributed by atoms with Gasteiger partial charge in [-0.1, -0.05) is 48.5 Å². The zero-order valence-electron chi connectivity index (χ0n) is 23.8. The summed E-state index contributed by atoms with van der Waals surface area (Å²) in [7, 11) is 1.66. The first-order chi connectivity index (χ1) is 20.3. The van der Waals surface area contributed by atoms with Crippen LogP contribution in [0, 0.1) is 0 Å². The van der Waals surface area contributed by atoms with Crippen LogP contribution in [0.25, 0.3) is 21.8 Å². The molecule has 3 aromatic carbocycles. The number of para-hydroxylation sites is 2. The Morgan fingerprint density at radius 2 is 1.62 bits per heavy atom. The molecule has 6 aromatic rings. The van der Waals surface area contributed by atoms with Crippen molar-refractivity contribution in [3.8, 4) is 5.75 Å². The molecule has 3 aromatic heterocycles. The highest BCUT2D eigenvalue weighted by molar-refractivity contribution is 5.85. The minimum absolute atomic E-state index is 0.235. The Bertz CT molecular complexity index is 1860. The maximum atomic E-state index is 12.4. The van der Waals surface area contributed by atoms with E-state index in [-0.39, 0.29) is 5.92 Å². The number of nitrogens with zero attached hydrogens (tertiary/aromatic N) is 3. The third-order valence-electron chi connectivity index (χ3n) is 8.09. The lowest BCUT2D eigenvalue weighted by Gasteiger charge is -2.27. The topological polar surface area (TPSA) is 141 Å². The predicted molar refractivity (Wildman–Crippen MR) is 164 cm³/mol. The number of carbonyl (C=O) groups excluding carboxylic acids is 1. The molecule has 9 heteroatoms. The molecule has 42 heavy (non-hydrogen) atoms. The highest BCUT2D eigenvalue weighted by atomic mass is 16.5. The largest absolute Gasteiger partial charge is 0.497 e. The van der Waals surface area contributed by atoms with Gasteiger partial charge in [-0.05, 0) is 60.7 Å². The third kappa shape index (κ3) is 5.38. The van der Waals surface area contributed by atoms with E-state index >= 15 is 0 Å². The monoisotopic (exact) mass is 561 g/mol. The van der Waals surface area contributed by atoms with Gasteiger partial charge in [0.05, 0.1) is 19.2 Å². The van der Waals surface area contributed by atoms with Crippen molar-refractivity contribution < 1.29 is 9.53 Å². The standard InChI is InChI=1S/C33H35N7O2/c1-33(35,32(34)41)17-22(15-23-18-36-28-12-5-3-10-26(23)28)31-39-38-30(16-24-19-37-29-13-6-4-11-27(24)29)40(31)20-21-8-7-9-25(14-21)42-2/h3-14,18-19,22,36-37H,15-17,20,35H2,1-2H3,(H2,34,41). The van der Waals surface area contributed by atoms with Crippen molar-refractivity contribution in [2.75, 3.05) is 7.11 Å². The molecular weight excluding hydrogens is 526 g/mol.